The molecule has 0 spiro atoms. The van der Waals surface area contributed by atoms with Gasteiger partial charge in [-0.3, -0.25) is 14.5 Å². The maximum atomic E-state index is 13.2. The maximum absolute atomic E-state index is 13.2. The number of anilines is 1. The van der Waals surface area contributed by atoms with Crippen LogP contribution < -0.4 is 4.90 Å². The molecular formula is C27H21NO4. The number of hydrogen-bond acceptors (Lipinski definition) is 4. The van der Waals surface area contributed by atoms with Crippen LogP contribution in [0.25, 0.3) is 16.5 Å². The van der Waals surface area contributed by atoms with Crippen molar-refractivity contribution in [3.8, 4) is 0 Å². The van der Waals surface area contributed by atoms with Crippen LogP contribution in [0.4, 0.5) is 5.69 Å². The zero-order valence-corrected chi connectivity index (χ0v) is 17.7. The summed E-state index contributed by atoms with van der Waals surface area (Å²) in [6.07, 6.45) is 0. The standard InChI is InChI=1S/C27H21NO4/c1-16-10-13-19(14-11-16)28-24(22-15-12-17(2)32-22)23(26(30)27(28)31)25(29)21-9-5-7-18-6-3-4-8-20(18)21/h3-15,24,29H,1-2H3/b25-23-. The molecule has 158 valence electrons. The maximum Gasteiger partial charge on any atom is 0.300 e. The van der Waals surface area contributed by atoms with Gasteiger partial charge in [0.15, 0.2) is 0 Å². The molecule has 1 atom stereocenters. The molecule has 32 heavy (non-hydrogen) atoms. The Balaban J connectivity index is 1.76. The molecule has 1 aliphatic heterocycles. The number of rotatable bonds is 3. The molecule has 1 aliphatic rings. The first-order chi connectivity index (χ1) is 15.5. The van der Waals surface area contributed by atoms with Gasteiger partial charge in [0.1, 0.15) is 23.3 Å². The van der Waals surface area contributed by atoms with Crippen molar-refractivity contribution in [2.75, 3.05) is 4.90 Å². The number of aliphatic hydroxyl groups excluding tert-OH is 1. The van der Waals surface area contributed by atoms with Crippen molar-refractivity contribution >= 4 is 33.9 Å². The van der Waals surface area contributed by atoms with Gasteiger partial charge in [-0.1, -0.05) is 60.2 Å². The third-order valence-corrected chi connectivity index (χ3v) is 5.83. The van der Waals surface area contributed by atoms with Crippen LogP contribution in [-0.4, -0.2) is 16.8 Å². The van der Waals surface area contributed by atoms with Crippen molar-refractivity contribution in [2.45, 2.75) is 19.9 Å². The summed E-state index contributed by atoms with van der Waals surface area (Å²) in [4.78, 5) is 27.8. The molecule has 3 aromatic carbocycles. The third kappa shape index (κ3) is 3.10. The second-order valence-corrected chi connectivity index (χ2v) is 7.98. The molecule has 1 N–H and O–H groups in total. The highest BCUT2D eigenvalue weighted by Gasteiger charge is 2.48. The summed E-state index contributed by atoms with van der Waals surface area (Å²) in [5.74, 6) is -0.581. The number of aliphatic hydroxyl groups is 1. The number of benzene rings is 3. The van der Waals surface area contributed by atoms with Crippen LogP contribution in [0.15, 0.2) is 88.9 Å². The molecule has 1 aromatic heterocycles. The van der Waals surface area contributed by atoms with E-state index in [2.05, 4.69) is 0 Å². The summed E-state index contributed by atoms with van der Waals surface area (Å²) < 4.78 is 5.85. The number of hydrogen-bond donors (Lipinski definition) is 1. The number of nitrogens with zero attached hydrogens (tertiary/aromatic N) is 1. The number of furan rings is 1. The first-order valence-corrected chi connectivity index (χ1v) is 10.4. The van der Waals surface area contributed by atoms with Gasteiger partial charge in [-0.2, -0.15) is 0 Å². The molecule has 0 aliphatic carbocycles. The number of carbonyl (C=O) groups is 2. The van der Waals surface area contributed by atoms with Crippen LogP contribution in [0.2, 0.25) is 0 Å². The number of fused-ring (bicyclic) bond motifs is 1. The lowest BCUT2D eigenvalue weighted by Crippen LogP contribution is -2.29. The Kier molecular flexibility index (Phi) is 4.67. The van der Waals surface area contributed by atoms with Gasteiger partial charge in [-0.25, -0.2) is 0 Å². The first-order valence-electron chi connectivity index (χ1n) is 10.4. The van der Waals surface area contributed by atoms with Gasteiger partial charge in [0.25, 0.3) is 11.7 Å². The van der Waals surface area contributed by atoms with Crippen LogP contribution in [-0.2, 0) is 9.59 Å². The molecule has 0 bridgehead atoms. The minimum atomic E-state index is -0.870. The third-order valence-electron chi connectivity index (χ3n) is 5.83. The van der Waals surface area contributed by atoms with Crippen LogP contribution in [0, 0.1) is 13.8 Å². The van der Waals surface area contributed by atoms with Crippen molar-refractivity contribution in [3.05, 3.63) is 107 Å². The van der Waals surface area contributed by atoms with E-state index >= 15 is 0 Å². The second kappa shape index (κ2) is 7.54. The number of aryl methyl sites for hydroxylation is 2. The fourth-order valence-corrected chi connectivity index (χ4v) is 4.25. The van der Waals surface area contributed by atoms with E-state index in [0.29, 0.717) is 22.8 Å². The lowest BCUT2D eigenvalue weighted by molar-refractivity contribution is -0.132. The molecule has 0 radical (unpaired) electrons. The second-order valence-electron chi connectivity index (χ2n) is 7.98. The molecule has 1 amide bonds. The predicted molar refractivity (Wildman–Crippen MR) is 123 cm³/mol. The van der Waals surface area contributed by atoms with E-state index in [1.54, 1.807) is 37.3 Å². The fourth-order valence-electron chi connectivity index (χ4n) is 4.25. The molecule has 1 saturated heterocycles. The van der Waals surface area contributed by atoms with Gasteiger partial charge in [0.2, 0.25) is 0 Å². The minimum Gasteiger partial charge on any atom is -0.507 e. The Morgan fingerprint density at radius 1 is 0.875 bits per heavy atom. The van der Waals surface area contributed by atoms with Crippen molar-refractivity contribution < 1.29 is 19.1 Å². The summed E-state index contributed by atoms with van der Waals surface area (Å²) >= 11 is 0. The smallest absolute Gasteiger partial charge is 0.300 e. The van der Waals surface area contributed by atoms with E-state index in [1.165, 1.54) is 4.90 Å². The summed E-state index contributed by atoms with van der Waals surface area (Å²) in [5.41, 5.74) is 2.11. The number of amides is 1. The zero-order chi connectivity index (χ0) is 22.4. The van der Waals surface area contributed by atoms with Gasteiger partial charge in [-0.05, 0) is 48.9 Å². The lowest BCUT2D eigenvalue weighted by Gasteiger charge is -2.23. The molecule has 0 saturated carbocycles. The molecule has 1 unspecified atom stereocenters. The van der Waals surface area contributed by atoms with Crippen LogP contribution in [0.1, 0.15) is 28.7 Å². The molecule has 5 nitrogen and oxygen atoms in total. The Morgan fingerprint density at radius 3 is 2.31 bits per heavy atom. The van der Waals surface area contributed by atoms with Gasteiger partial charge >= 0.3 is 0 Å². The van der Waals surface area contributed by atoms with E-state index < -0.39 is 17.7 Å². The van der Waals surface area contributed by atoms with E-state index in [0.717, 1.165) is 16.3 Å². The van der Waals surface area contributed by atoms with Crippen LogP contribution in [0.3, 0.4) is 0 Å². The molecule has 5 heteroatoms. The highest BCUT2D eigenvalue weighted by atomic mass is 16.3. The Bertz CT molecular complexity index is 1390. The van der Waals surface area contributed by atoms with Gasteiger partial charge < -0.3 is 9.52 Å². The quantitative estimate of drug-likeness (QED) is 0.262. The molecule has 2 heterocycles. The van der Waals surface area contributed by atoms with E-state index in [9.17, 15) is 14.7 Å². The average Bonchev–Trinajstić information content (AvgIpc) is 3.34. The Morgan fingerprint density at radius 2 is 1.59 bits per heavy atom. The highest BCUT2D eigenvalue weighted by Crippen LogP contribution is 2.43. The van der Waals surface area contributed by atoms with E-state index in [4.69, 9.17) is 4.42 Å². The number of carbonyl (C=O) groups excluding carboxylic acids is 2. The Labute approximate surface area is 185 Å². The Hall–Kier alpha value is -4.12. The van der Waals surface area contributed by atoms with Crippen molar-refractivity contribution in [3.63, 3.8) is 0 Å². The molecule has 4 aromatic rings. The van der Waals surface area contributed by atoms with Gasteiger partial charge in [0, 0.05) is 11.3 Å². The minimum absolute atomic E-state index is 0.0151. The molecule has 1 fully saturated rings. The largest absolute Gasteiger partial charge is 0.507 e. The highest BCUT2D eigenvalue weighted by molar-refractivity contribution is 6.51. The SMILES string of the molecule is Cc1ccc(N2C(=O)C(=O)/C(=C(\O)c3cccc4ccccc34)C2c2ccc(C)o2)cc1. The summed E-state index contributed by atoms with van der Waals surface area (Å²) in [6.45, 7) is 3.75. The predicted octanol–water partition coefficient (Wildman–Crippen LogP) is 5.68. The summed E-state index contributed by atoms with van der Waals surface area (Å²) in [5, 5.41) is 13.1. The van der Waals surface area contributed by atoms with E-state index in [-0.39, 0.29) is 11.3 Å². The summed E-state index contributed by atoms with van der Waals surface area (Å²) in [7, 11) is 0. The van der Waals surface area contributed by atoms with Crippen molar-refractivity contribution in [1.29, 1.82) is 0 Å². The van der Waals surface area contributed by atoms with Crippen molar-refractivity contribution in [2.24, 2.45) is 0 Å². The van der Waals surface area contributed by atoms with Gasteiger partial charge in [-0.15, -0.1) is 0 Å². The average molecular weight is 423 g/mol. The number of Topliss-reactive ketones (excluding diaryl/α,β-unsaturated/α-hetero) is 1. The lowest BCUT2D eigenvalue weighted by atomic mass is 9.96. The topological polar surface area (TPSA) is 70.8 Å². The van der Waals surface area contributed by atoms with Gasteiger partial charge in [0.05, 0.1) is 5.57 Å². The van der Waals surface area contributed by atoms with E-state index in [1.807, 2.05) is 55.5 Å². The first kappa shape index (κ1) is 19.8. The summed E-state index contributed by atoms with van der Waals surface area (Å²) in [6, 6.07) is 23.1. The fraction of sp³-hybridized carbons (Fsp3) is 0.111. The molecule has 5 rings (SSSR count). The van der Waals surface area contributed by atoms with Crippen LogP contribution >= 0.6 is 0 Å². The zero-order valence-electron chi connectivity index (χ0n) is 17.7. The van der Waals surface area contributed by atoms with Crippen molar-refractivity contribution in [1.82, 2.24) is 0 Å². The number of ketones is 1. The normalized spacial score (nSPS) is 17.9. The van der Waals surface area contributed by atoms with Crippen LogP contribution in [0.5, 0.6) is 0 Å². The monoisotopic (exact) mass is 423 g/mol. The molecular weight excluding hydrogens is 402 g/mol.